The van der Waals surface area contributed by atoms with Crippen LogP contribution in [0.2, 0.25) is 0 Å². The van der Waals surface area contributed by atoms with Crippen molar-refractivity contribution >= 4 is 22.9 Å². The molecule has 2 aromatic rings. The van der Waals surface area contributed by atoms with Crippen LogP contribution in [0.25, 0.3) is 11.0 Å². The molecule has 1 aromatic carbocycles. The van der Waals surface area contributed by atoms with Crippen molar-refractivity contribution in [2.24, 2.45) is 0 Å². The van der Waals surface area contributed by atoms with E-state index < -0.39 is 29.0 Å². The van der Waals surface area contributed by atoms with Crippen molar-refractivity contribution in [3.05, 3.63) is 44.5 Å². The number of H-pyrrole nitrogens is 1. The van der Waals surface area contributed by atoms with Crippen LogP contribution in [0.15, 0.2) is 27.8 Å². The van der Waals surface area contributed by atoms with Gasteiger partial charge in [-0.15, -0.1) is 0 Å². The molecule has 0 aliphatic heterocycles. The van der Waals surface area contributed by atoms with Gasteiger partial charge in [0, 0.05) is 19.2 Å². The van der Waals surface area contributed by atoms with E-state index in [4.69, 9.17) is 5.11 Å². The summed E-state index contributed by atoms with van der Waals surface area (Å²) in [5.74, 6) is -1.60. The number of rotatable bonds is 4. The fourth-order valence-electron chi connectivity index (χ4n) is 2.27. The second-order valence-corrected chi connectivity index (χ2v) is 5.17. The monoisotopic (exact) mass is 319 g/mol. The highest BCUT2D eigenvalue weighted by Crippen LogP contribution is 2.14. The molecule has 0 spiro atoms. The third-order valence-electron chi connectivity index (χ3n) is 3.80. The quantitative estimate of drug-likeness (QED) is 0.785. The molecule has 0 fully saturated rings. The Bertz CT molecular complexity index is 896. The number of likely N-dealkylation sites (N-methyl/N-ethyl adjacent to an activating group) is 1. The molecular weight excluding hydrogens is 302 g/mol. The maximum atomic E-state index is 12.3. The zero-order valence-corrected chi connectivity index (χ0v) is 13.0. The third kappa shape index (κ3) is 2.87. The minimum absolute atomic E-state index is 0.227. The van der Waals surface area contributed by atoms with Crippen LogP contribution < -0.4 is 11.1 Å². The number of aromatic amines is 1. The third-order valence-corrected chi connectivity index (χ3v) is 3.80. The predicted molar refractivity (Wildman–Crippen MR) is 83.7 cm³/mol. The molecular formula is C15H17N3O5. The van der Waals surface area contributed by atoms with Crippen LogP contribution in [0.4, 0.5) is 0 Å². The van der Waals surface area contributed by atoms with Crippen molar-refractivity contribution in [1.29, 1.82) is 0 Å². The van der Waals surface area contributed by atoms with E-state index in [1.54, 1.807) is 13.0 Å². The number of amides is 1. The zero-order chi connectivity index (χ0) is 17.3. The molecule has 0 saturated carbocycles. The Morgan fingerprint density at radius 2 is 2.00 bits per heavy atom. The number of aromatic nitrogens is 2. The summed E-state index contributed by atoms with van der Waals surface area (Å²) in [6, 6.07) is 3.51. The van der Waals surface area contributed by atoms with Gasteiger partial charge in [0.2, 0.25) is 0 Å². The van der Waals surface area contributed by atoms with Crippen molar-refractivity contribution in [3.63, 3.8) is 0 Å². The number of nitrogens with zero attached hydrogens (tertiary/aromatic N) is 2. The SMILES string of the molecule is CCn1c(=O)c(=O)[nH]c2cc(C(=O)N(C)C(C)C(=O)O)ccc21. The van der Waals surface area contributed by atoms with E-state index in [9.17, 15) is 19.2 Å². The first-order valence-corrected chi connectivity index (χ1v) is 7.04. The van der Waals surface area contributed by atoms with Crippen LogP contribution in [-0.2, 0) is 11.3 Å². The number of fused-ring (bicyclic) bond motifs is 1. The number of carbonyl (C=O) groups is 2. The van der Waals surface area contributed by atoms with Crippen molar-refractivity contribution in [2.45, 2.75) is 26.4 Å². The summed E-state index contributed by atoms with van der Waals surface area (Å²) in [4.78, 5) is 50.3. The number of carboxylic acid groups (broad SMARTS) is 1. The normalized spacial score (nSPS) is 12.1. The minimum Gasteiger partial charge on any atom is -0.480 e. The van der Waals surface area contributed by atoms with Crippen LogP contribution in [0.3, 0.4) is 0 Å². The maximum Gasteiger partial charge on any atom is 0.326 e. The van der Waals surface area contributed by atoms with Crippen LogP contribution in [-0.4, -0.2) is 44.5 Å². The summed E-state index contributed by atoms with van der Waals surface area (Å²) < 4.78 is 1.31. The highest BCUT2D eigenvalue weighted by Gasteiger charge is 2.23. The predicted octanol–water partition coefficient (Wildman–Crippen LogP) is 0.255. The molecule has 0 radical (unpaired) electrons. The van der Waals surface area contributed by atoms with Crippen LogP contribution >= 0.6 is 0 Å². The van der Waals surface area contributed by atoms with E-state index in [2.05, 4.69) is 4.98 Å². The molecule has 2 N–H and O–H groups in total. The molecule has 122 valence electrons. The van der Waals surface area contributed by atoms with Crippen molar-refractivity contribution < 1.29 is 14.7 Å². The standard InChI is InChI=1S/C15H17N3O5/c1-4-18-11-6-5-9(7-10(11)16-12(19)14(18)21)13(20)17(3)8(2)15(22)23/h5-8H,4H2,1-3H3,(H,16,19)(H,22,23). The Hall–Kier alpha value is -2.90. The number of carbonyl (C=O) groups excluding carboxylic acids is 1. The lowest BCUT2D eigenvalue weighted by molar-refractivity contribution is -0.141. The van der Waals surface area contributed by atoms with Crippen LogP contribution in [0.1, 0.15) is 24.2 Å². The molecule has 0 aliphatic rings. The molecule has 1 amide bonds. The lowest BCUT2D eigenvalue weighted by atomic mass is 10.1. The molecule has 1 atom stereocenters. The van der Waals surface area contributed by atoms with Gasteiger partial charge >= 0.3 is 17.1 Å². The summed E-state index contributed by atoms with van der Waals surface area (Å²) in [5.41, 5.74) is -0.349. The van der Waals surface area contributed by atoms with Crippen LogP contribution in [0, 0.1) is 0 Å². The van der Waals surface area contributed by atoms with Gasteiger partial charge < -0.3 is 19.6 Å². The highest BCUT2D eigenvalue weighted by atomic mass is 16.4. The van der Waals surface area contributed by atoms with E-state index >= 15 is 0 Å². The average molecular weight is 319 g/mol. The van der Waals surface area contributed by atoms with E-state index in [1.807, 2.05) is 0 Å². The Balaban J connectivity index is 2.55. The molecule has 1 aromatic heterocycles. The second kappa shape index (κ2) is 6.07. The Kier molecular flexibility index (Phi) is 4.35. The molecule has 0 bridgehead atoms. The van der Waals surface area contributed by atoms with Crippen molar-refractivity contribution in [1.82, 2.24) is 14.5 Å². The number of hydrogen-bond donors (Lipinski definition) is 2. The Morgan fingerprint density at radius 3 is 2.57 bits per heavy atom. The molecule has 1 unspecified atom stereocenters. The van der Waals surface area contributed by atoms with Gasteiger partial charge in [-0.3, -0.25) is 14.4 Å². The zero-order valence-electron chi connectivity index (χ0n) is 13.0. The summed E-state index contributed by atoms with van der Waals surface area (Å²) in [7, 11) is 1.39. The summed E-state index contributed by atoms with van der Waals surface area (Å²) in [6.45, 7) is 3.46. The number of hydrogen-bond acceptors (Lipinski definition) is 4. The number of nitrogens with one attached hydrogen (secondary N) is 1. The molecule has 0 saturated heterocycles. The first-order chi connectivity index (χ1) is 10.8. The number of aliphatic carboxylic acids is 1. The first-order valence-electron chi connectivity index (χ1n) is 7.04. The van der Waals surface area contributed by atoms with Crippen LogP contribution in [0.5, 0.6) is 0 Å². The maximum absolute atomic E-state index is 12.3. The Labute approximate surface area is 131 Å². The summed E-state index contributed by atoms with van der Waals surface area (Å²) in [5, 5.41) is 8.98. The van der Waals surface area contributed by atoms with Gasteiger partial charge in [0.1, 0.15) is 6.04 Å². The second-order valence-electron chi connectivity index (χ2n) is 5.17. The lowest BCUT2D eigenvalue weighted by Gasteiger charge is -2.21. The van der Waals surface area contributed by atoms with Gasteiger partial charge in [-0.25, -0.2) is 4.79 Å². The molecule has 23 heavy (non-hydrogen) atoms. The molecule has 1 heterocycles. The lowest BCUT2D eigenvalue weighted by Crippen LogP contribution is -2.40. The number of aryl methyl sites for hydroxylation is 1. The summed E-state index contributed by atoms with van der Waals surface area (Å²) in [6.07, 6.45) is 0. The van der Waals surface area contributed by atoms with Gasteiger partial charge in [-0.1, -0.05) is 0 Å². The number of benzene rings is 1. The first kappa shape index (κ1) is 16.5. The van der Waals surface area contributed by atoms with E-state index in [0.29, 0.717) is 17.6 Å². The Morgan fingerprint density at radius 1 is 1.35 bits per heavy atom. The highest BCUT2D eigenvalue weighted by molar-refractivity contribution is 5.98. The van der Waals surface area contributed by atoms with Gasteiger partial charge in [0.25, 0.3) is 5.91 Å². The topological polar surface area (TPSA) is 112 Å². The molecule has 8 nitrogen and oxygen atoms in total. The van der Waals surface area contributed by atoms with Crippen molar-refractivity contribution in [2.75, 3.05) is 7.05 Å². The van der Waals surface area contributed by atoms with E-state index in [1.165, 1.54) is 30.7 Å². The smallest absolute Gasteiger partial charge is 0.326 e. The summed E-state index contributed by atoms with van der Waals surface area (Å²) >= 11 is 0. The van der Waals surface area contributed by atoms with E-state index in [-0.39, 0.29) is 5.56 Å². The van der Waals surface area contributed by atoms with Gasteiger partial charge in [0.05, 0.1) is 11.0 Å². The molecule has 2 rings (SSSR count). The number of carboxylic acids is 1. The molecule has 0 aliphatic carbocycles. The average Bonchev–Trinajstić information content (AvgIpc) is 2.53. The van der Waals surface area contributed by atoms with Gasteiger partial charge in [0.15, 0.2) is 0 Å². The fraction of sp³-hybridized carbons (Fsp3) is 0.333. The minimum atomic E-state index is -1.12. The molecule has 8 heteroatoms. The largest absolute Gasteiger partial charge is 0.480 e. The van der Waals surface area contributed by atoms with E-state index in [0.717, 1.165) is 4.90 Å². The van der Waals surface area contributed by atoms with Crippen molar-refractivity contribution in [3.8, 4) is 0 Å². The fourth-order valence-corrected chi connectivity index (χ4v) is 2.27. The van der Waals surface area contributed by atoms with Gasteiger partial charge in [-0.2, -0.15) is 0 Å². The van der Waals surface area contributed by atoms with Gasteiger partial charge in [-0.05, 0) is 32.0 Å².